The highest BCUT2D eigenvalue weighted by atomic mass is 79.9. The standard InChI is InChI=1S/C11H12BrClN2O/c12-8-1-2-9(10(13)7-8)11(16)15-5-3-14-4-6-15/h1-2,7,14H,3-6H2. The van der Waals surface area contributed by atoms with E-state index in [4.69, 9.17) is 11.6 Å². The fourth-order valence-electron chi connectivity index (χ4n) is 1.70. The number of hydrogen-bond donors (Lipinski definition) is 1. The van der Waals surface area contributed by atoms with E-state index in [2.05, 4.69) is 21.2 Å². The number of halogens is 2. The third kappa shape index (κ3) is 2.56. The molecule has 0 bridgehead atoms. The van der Waals surface area contributed by atoms with E-state index < -0.39 is 0 Å². The second-order valence-corrected chi connectivity index (χ2v) is 4.99. The van der Waals surface area contributed by atoms with Gasteiger partial charge in [-0.25, -0.2) is 0 Å². The van der Waals surface area contributed by atoms with Crippen LogP contribution in [0.3, 0.4) is 0 Å². The summed E-state index contributed by atoms with van der Waals surface area (Å²) < 4.78 is 0.884. The highest BCUT2D eigenvalue weighted by Crippen LogP contribution is 2.22. The van der Waals surface area contributed by atoms with Crippen LogP contribution in [0.25, 0.3) is 0 Å². The van der Waals surface area contributed by atoms with Gasteiger partial charge in [0, 0.05) is 30.7 Å². The zero-order chi connectivity index (χ0) is 11.5. The van der Waals surface area contributed by atoms with Crippen LogP contribution in [0.15, 0.2) is 22.7 Å². The van der Waals surface area contributed by atoms with Gasteiger partial charge in [-0.2, -0.15) is 0 Å². The van der Waals surface area contributed by atoms with Crippen LogP contribution in [-0.2, 0) is 0 Å². The Morgan fingerprint density at radius 3 is 2.69 bits per heavy atom. The van der Waals surface area contributed by atoms with E-state index in [0.29, 0.717) is 10.6 Å². The van der Waals surface area contributed by atoms with Crippen LogP contribution >= 0.6 is 27.5 Å². The monoisotopic (exact) mass is 302 g/mol. The number of hydrogen-bond acceptors (Lipinski definition) is 2. The molecule has 1 aromatic carbocycles. The summed E-state index contributed by atoms with van der Waals surface area (Å²) in [6, 6.07) is 5.34. The molecule has 0 radical (unpaired) electrons. The largest absolute Gasteiger partial charge is 0.336 e. The van der Waals surface area contributed by atoms with Gasteiger partial charge >= 0.3 is 0 Å². The maximum absolute atomic E-state index is 12.1. The molecule has 1 amide bonds. The van der Waals surface area contributed by atoms with Crippen LogP contribution in [0, 0.1) is 0 Å². The first-order valence-corrected chi connectivity index (χ1v) is 6.30. The van der Waals surface area contributed by atoms with Crippen molar-refractivity contribution in [1.82, 2.24) is 10.2 Å². The predicted octanol–water partition coefficient (Wildman–Crippen LogP) is 2.15. The van der Waals surface area contributed by atoms with Crippen molar-refractivity contribution < 1.29 is 4.79 Å². The van der Waals surface area contributed by atoms with Crippen LogP contribution in [-0.4, -0.2) is 37.0 Å². The molecule has 0 spiro atoms. The Morgan fingerprint density at radius 1 is 1.38 bits per heavy atom. The summed E-state index contributed by atoms with van der Waals surface area (Å²) in [6.45, 7) is 3.18. The van der Waals surface area contributed by atoms with Crippen LogP contribution in [0.2, 0.25) is 5.02 Å². The number of rotatable bonds is 1. The molecule has 1 aliphatic heterocycles. The molecule has 0 aromatic heterocycles. The number of benzene rings is 1. The van der Waals surface area contributed by atoms with Gasteiger partial charge in [0.1, 0.15) is 0 Å². The molecule has 1 aromatic rings. The topological polar surface area (TPSA) is 32.3 Å². The summed E-state index contributed by atoms with van der Waals surface area (Å²) in [4.78, 5) is 14.0. The van der Waals surface area contributed by atoms with Crippen LogP contribution in [0.5, 0.6) is 0 Å². The Labute approximate surface area is 108 Å². The minimum Gasteiger partial charge on any atom is -0.336 e. The molecule has 0 unspecified atom stereocenters. The molecule has 1 fully saturated rings. The van der Waals surface area contributed by atoms with Crippen LogP contribution < -0.4 is 5.32 Å². The van der Waals surface area contributed by atoms with Crippen molar-refractivity contribution >= 4 is 33.4 Å². The molecule has 3 nitrogen and oxygen atoms in total. The maximum atomic E-state index is 12.1. The Bertz CT molecular complexity index is 405. The highest BCUT2D eigenvalue weighted by molar-refractivity contribution is 9.10. The third-order valence-electron chi connectivity index (χ3n) is 2.57. The van der Waals surface area contributed by atoms with Crippen molar-refractivity contribution in [2.45, 2.75) is 0 Å². The zero-order valence-corrected chi connectivity index (χ0v) is 11.0. The van der Waals surface area contributed by atoms with E-state index >= 15 is 0 Å². The quantitative estimate of drug-likeness (QED) is 0.862. The zero-order valence-electron chi connectivity index (χ0n) is 8.67. The van der Waals surface area contributed by atoms with Gasteiger partial charge in [-0.05, 0) is 18.2 Å². The fraction of sp³-hybridized carbons (Fsp3) is 0.364. The summed E-state index contributed by atoms with van der Waals surface area (Å²) >= 11 is 9.37. The van der Waals surface area contributed by atoms with E-state index in [1.54, 1.807) is 12.1 Å². The molecule has 1 aliphatic rings. The second kappa shape index (κ2) is 5.17. The van der Waals surface area contributed by atoms with Crippen molar-refractivity contribution in [3.05, 3.63) is 33.3 Å². The molecular formula is C11H12BrClN2O. The number of nitrogens with one attached hydrogen (secondary N) is 1. The Balaban J connectivity index is 2.19. The van der Waals surface area contributed by atoms with Crippen molar-refractivity contribution in [2.24, 2.45) is 0 Å². The minimum atomic E-state index is 0.0130. The number of carbonyl (C=O) groups is 1. The molecule has 16 heavy (non-hydrogen) atoms. The lowest BCUT2D eigenvalue weighted by Crippen LogP contribution is -2.46. The van der Waals surface area contributed by atoms with Gasteiger partial charge in [0.25, 0.3) is 5.91 Å². The Kier molecular flexibility index (Phi) is 3.84. The van der Waals surface area contributed by atoms with Gasteiger partial charge in [0.05, 0.1) is 10.6 Å². The predicted molar refractivity (Wildman–Crippen MR) is 67.9 cm³/mol. The summed E-state index contributed by atoms with van der Waals surface area (Å²) in [7, 11) is 0. The SMILES string of the molecule is O=C(c1ccc(Br)cc1Cl)N1CCNCC1. The molecule has 86 valence electrons. The van der Waals surface area contributed by atoms with E-state index in [9.17, 15) is 4.79 Å². The lowest BCUT2D eigenvalue weighted by atomic mass is 10.2. The number of nitrogens with zero attached hydrogens (tertiary/aromatic N) is 1. The van der Waals surface area contributed by atoms with E-state index in [0.717, 1.165) is 30.7 Å². The Hall–Kier alpha value is -0.580. The lowest BCUT2D eigenvalue weighted by molar-refractivity contribution is 0.0736. The maximum Gasteiger partial charge on any atom is 0.255 e. The normalized spacial score (nSPS) is 16.2. The first kappa shape index (κ1) is 11.9. The summed E-state index contributed by atoms with van der Waals surface area (Å²) in [6.07, 6.45) is 0. The van der Waals surface area contributed by atoms with Gasteiger partial charge in [0.2, 0.25) is 0 Å². The molecule has 2 rings (SSSR count). The first-order valence-electron chi connectivity index (χ1n) is 5.13. The molecule has 0 aliphatic carbocycles. The number of carbonyl (C=O) groups excluding carboxylic acids is 1. The average molecular weight is 304 g/mol. The summed E-state index contributed by atoms with van der Waals surface area (Å²) in [5, 5.41) is 3.71. The van der Waals surface area contributed by atoms with Gasteiger partial charge in [-0.15, -0.1) is 0 Å². The van der Waals surface area contributed by atoms with Gasteiger partial charge in [0.15, 0.2) is 0 Å². The molecule has 1 saturated heterocycles. The van der Waals surface area contributed by atoms with E-state index in [1.807, 2.05) is 11.0 Å². The first-order chi connectivity index (χ1) is 7.68. The fourth-order valence-corrected chi connectivity index (χ4v) is 2.46. The second-order valence-electron chi connectivity index (χ2n) is 3.67. The van der Waals surface area contributed by atoms with Crippen molar-refractivity contribution in [1.29, 1.82) is 0 Å². The summed E-state index contributed by atoms with van der Waals surface area (Å²) in [5.74, 6) is 0.0130. The van der Waals surface area contributed by atoms with E-state index in [1.165, 1.54) is 0 Å². The highest BCUT2D eigenvalue weighted by Gasteiger charge is 2.19. The van der Waals surface area contributed by atoms with Gasteiger partial charge < -0.3 is 10.2 Å². The summed E-state index contributed by atoms with van der Waals surface area (Å²) in [5.41, 5.74) is 0.576. The molecule has 1 N–H and O–H groups in total. The average Bonchev–Trinajstić information content (AvgIpc) is 2.29. The third-order valence-corrected chi connectivity index (χ3v) is 3.37. The van der Waals surface area contributed by atoms with Crippen LogP contribution in [0.4, 0.5) is 0 Å². The lowest BCUT2D eigenvalue weighted by Gasteiger charge is -2.27. The number of piperazine rings is 1. The molecule has 1 heterocycles. The van der Waals surface area contributed by atoms with Crippen LogP contribution in [0.1, 0.15) is 10.4 Å². The molecule has 0 atom stereocenters. The number of amides is 1. The van der Waals surface area contributed by atoms with Crippen molar-refractivity contribution in [2.75, 3.05) is 26.2 Å². The smallest absolute Gasteiger partial charge is 0.255 e. The van der Waals surface area contributed by atoms with Crippen molar-refractivity contribution in [3.8, 4) is 0 Å². The van der Waals surface area contributed by atoms with E-state index in [-0.39, 0.29) is 5.91 Å². The Morgan fingerprint density at radius 2 is 2.06 bits per heavy atom. The molecular weight excluding hydrogens is 291 g/mol. The van der Waals surface area contributed by atoms with Gasteiger partial charge in [-0.1, -0.05) is 27.5 Å². The minimum absolute atomic E-state index is 0.0130. The molecule has 5 heteroatoms. The van der Waals surface area contributed by atoms with Crippen molar-refractivity contribution in [3.63, 3.8) is 0 Å². The van der Waals surface area contributed by atoms with Gasteiger partial charge in [-0.3, -0.25) is 4.79 Å². The molecule has 0 saturated carbocycles.